The molecule has 1 aliphatic carbocycles. The number of aromatic nitrogens is 2. The van der Waals surface area contributed by atoms with Crippen LogP contribution in [0.15, 0.2) is 29.2 Å². The third-order valence-electron chi connectivity index (χ3n) is 5.71. The van der Waals surface area contributed by atoms with E-state index in [9.17, 15) is 19.2 Å². The van der Waals surface area contributed by atoms with Gasteiger partial charge in [-0.05, 0) is 31.4 Å². The van der Waals surface area contributed by atoms with Crippen molar-refractivity contribution in [3.05, 3.63) is 46.0 Å². The maximum atomic E-state index is 12.4. The zero-order valence-corrected chi connectivity index (χ0v) is 16.3. The van der Waals surface area contributed by atoms with Crippen LogP contribution in [0, 0.1) is 18.8 Å². The molecule has 1 saturated carbocycles. The summed E-state index contributed by atoms with van der Waals surface area (Å²) in [7, 11) is 0. The highest BCUT2D eigenvalue weighted by molar-refractivity contribution is 6.05. The van der Waals surface area contributed by atoms with E-state index in [-0.39, 0.29) is 48.8 Å². The minimum Gasteiger partial charge on any atom is -0.459 e. The molecule has 0 unspecified atom stereocenters. The van der Waals surface area contributed by atoms with Gasteiger partial charge in [0.25, 0.3) is 5.56 Å². The fourth-order valence-electron chi connectivity index (χ4n) is 4.21. The summed E-state index contributed by atoms with van der Waals surface area (Å²) in [5, 5.41) is 0. The van der Waals surface area contributed by atoms with E-state index in [1.54, 1.807) is 12.3 Å². The van der Waals surface area contributed by atoms with E-state index >= 15 is 0 Å². The van der Waals surface area contributed by atoms with Gasteiger partial charge in [-0.15, -0.1) is 0 Å². The number of rotatable bonds is 5. The molecule has 1 saturated heterocycles. The lowest BCUT2D eigenvalue weighted by Gasteiger charge is -2.19. The average molecular weight is 397 g/mol. The van der Waals surface area contributed by atoms with Gasteiger partial charge in [0.2, 0.25) is 11.8 Å². The molecule has 152 valence electrons. The maximum absolute atomic E-state index is 12.4. The second kappa shape index (κ2) is 7.77. The third-order valence-corrected chi connectivity index (χ3v) is 5.71. The predicted octanol–water partition coefficient (Wildman–Crippen LogP) is 1.61. The van der Waals surface area contributed by atoms with Gasteiger partial charge in [-0.25, -0.2) is 4.98 Å². The molecule has 2 fully saturated rings. The molecule has 2 atom stereocenters. The van der Waals surface area contributed by atoms with E-state index in [2.05, 4.69) is 4.98 Å². The summed E-state index contributed by atoms with van der Waals surface area (Å²) in [6, 6.07) is 4.91. The van der Waals surface area contributed by atoms with Crippen LogP contribution in [-0.2, 0) is 25.7 Å². The number of ether oxygens (including phenoxy) is 1. The molecule has 2 aromatic rings. The van der Waals surface area contributed by atoms with E-state index in [0.29, 0.717) is 11.3 Å². The SMILES string of the molecule is Cc1ccc2nc(COC(=O)CCN3C(=O)[C@@H]4CCCC[C@H]4C3=O)cc(=O)n2c1. The van der Waals surface area contributed by atoms with Gasteiger partial charge in [0, 0.05) is 18.8 Å². The number of hydrogen-bond acceptors (Lipinski definition) is 6. The number of esters is 1. The number of amides is 2. The van der Waals surface area contributed by atoms with Gasteiger partial charge >= 0.3 is 5.97 Å². The molecule has 0 spiro atoms. The first-order valence-electron chi connectivity index (χ1n) is 9.94. The van der Waals surface area contributed by atoms with Crippen LogP contribution in [0.4, 0.5) is 0 Å². The lowest BCUT2D eigenvalue weighted by atomic mass is 9.81. The Bertz CT molecular complexity index is 1020. The van der Waals surface area contributed by atoms with E-state index in [1.165, 1.54) is 15.4 Å². The normalized spacial score (nSPS) is 21.5. The molecule has 8 heteroatoms. The fourth-order valence-corrected chi connectivity index (χ4v) is 4.21. The molecule has 0 N–H and O–H groups in total. The first kappa shape index (κ1) is 19.3. The number of aryl methyl sites for hydroxylation is 1. The molecule has 3 heterocycles. The predicted molar refractivity (Wildman–Crippen MR) is 103 cm³/mol. The topological polar surface area (TPSA) is 98.0 Å². The molecular formula is C21H23N3O5. The zero-order chi connectivity index (χ0) is 20.5. The third kappa shape index (κ3) is 3.79. The summed E-state index contributed by atoms with van der Waals surface area (Å²) in [5.41, 5.74) is 1.52. The van der Waals surface area contributed by atoms with Crippen molar-refractivity contribution in [1.29, 1.82) is 0 Å². The van der Waals surface area contributed by atoms with Crippen molar-refractivity contribution in [1.82, 2.24) is 14.3 Å². The molecule has 4 rings (SSSR count). The highest BCUT2D eigenvalue weighted by atomic mass is 16.5. The van der Waals surface area contributed by atoms with Crippen LogP contribution in [0.3, 0.4) is 0 Å². The Kier molecular flexibility index (Phi) is 5.17. The van der Waals surface area contributed by atoms with Crippen LogP contribution in [0.25, 0.3) is 5.65 Å². The van der Waals surface area contributed by atoms with Crippen LogP contribution in [0.1, 0.15) is 43.4 Å². The minimum atomic E-state index is -0.536. The van der Waals surface area contributed by atoms with Gasteiger partial charge in [-0.2, -0.15) is 0 Å². The fraction of sp³-hybridized carbons (Fsp3) is 0.476. The lowest BCUT2D eigenvalue weighted by Crippen LogP contribution is -2.33. The molecule has 2 aromatic heterocycles. The number of carbonyl (C=O) groups is 3. The van der Waals surface area contributed by atoms with Gasteiger partial charge in [0.05, 0.1) is 24.0 Å². The van der Waals surface area contributed by atoms with Crippen molar-refractivity contribution >= 4 is 23.4 Å². The van der Waals surface area contributed by atoms with Gasteiger partial charge in [0.15, 0.2) is 0 Å². The number of fused-ring (bicyclic) bond motifs is 2. The van der Waals surface area contributed by atoms with Crippen molar-refractivity contribution in [2.24, 2.45) is 11.8 Å². The lowest BCUT2D eigenvalue weighted by molar-refractivity contribution is -0.146. The largest absolute Gasteiger partial charge is 0.459 e. The summed E-state index contributed by atoms with van der Waals surface area (Å²) in [5.74, 6) is -1.29. The molecule has 29 heavy (non-hydrogen) atoms. The summed E-state index contributed by atoms with van der Waals surface area (Å²) >= 11 is 0. The van der Waals surface area contributed by atoms with E-state index < -0.39 is 5.97 Å². The molecule has 0 aromatic carbocycles. The van der Waals surface area contributed by atoms with E-state index in [0.717, 1.165) is 31.2 Å². The Balaban J connectivity index is 1.34. The van der Waals surface area contributed by atoms with Gasteiger partial charge in [-0.1, -0.05) is 18.9 Å². The van der Waals surface area contributed by atoms with Crippen molar-refractivity contribution in [3.63, 3.8) is 0 Å². The smallest absolute Gasteiger partial charge is 0.307 e. The number of hydrogen-bond donors (Lipinski definition) is 0. The Morgan fingerprint density at radius 1 is 1.14 bits per heavy atom. The van der Waals surface area contributed by atoms with E-state index in [1.807, 2.05) is 13.0 Å². The summed E-state index contributed by atoms with van der Waals surface area (Å²) in [6.07, 6.45) is 5.06. The van der Waals surface area contributed by atoms with Crippen molar-refractivity contribution < 1.29 is 19.1 Å². The van der Waals surface area contributed by atoms with Crippen LogP contribution < -0.4 is 5.56 Å². The van der Waals surface area contributed by atoms with Crippen LogP contribution in [0.2, 0.25) is 0 Å². The molecule has 8 nitrogen and oxygen atoms in total. The second-order valence-electron chi connectivity index (χ2n) is 7.76. The second-order valence-corrected chi connectivity index (χ2v) is 7.76. The average Bonchev–Trinajstić information content (AvgIpc) is 2.96. The molecule has 2 aliphatic rings. The number of carbonyl (C=O) groups excluding carboxylic acids is 3. The Morgan fingerprint density at radius 2 is 1.83 bits per heavy atom. The highest BCUT2D eigenvalue weighted by Gasteiger charge is 2.47. The highest BCUT2D eigenvalue weighted by Crippen LogP contribution is 2.37. The first-order chi connectivity index (χ1) is 13.9. The maximum Gasteiger partial charge on any atom is 0.307 e. The monoisotopic (exact) mass is 397 g/mol. The number of pyridine rings is 1. The van der Waals surface area contributed by atoms with Crippen molar-refractivity contribution in [3.8, 4) is 0 Å². The summed E-state index contributed by atoms with van der Waals surface area (Å²) in [4.78, 5) is 54.7. The first-order valence-corrected chi connectivity index (χ1v) is 9.94. The molecule has 1 aliphatic heterocycles. The molecule has 0 radical (unpaired) electrons. The number of imide groups is 1. The van der Waals surface area contributed by atoms with Gasteiger partial charge in [0.1, 0.15) is 12.3 Å². The van der Waals surface area contributed by atoms with Gasteiger partial charge in [-0.3, -0.25) is 28.5 Å². The van der Waals surface area contributed by atoms with E-state index in [4.69, 9.17) is 4.74 Å². The Morgan fingerprint density at radius 3 is 2.52 bits per heavy atom. The Labute approximate surface area is 167 Å². The molecule has 0 bridgehead atoms. The van der Waals surface area contributed by atoms with Crippen LogP contribution in [0.5, 0.6) is 0 Å². The van der Waals surface area contributed by atoms with Crippen LogP contribution >= 0.6 is 0 Å². The molecular weight excluding hydrogens is 374 g/mol. The zero-order valence-electron chi connectivity index (χ0n) is 16.3. The van der Waals surface area contributed by atoms with Gasteiger partial charge < -0.3 is 4.74 Å². The van der Waals surface area contributed by atoms with Crippen molar-refractivity contribution in [2.45, 2.75) is 45.6 Å². The minimum absolute atomic E-state index is 0.0383. The standard InChI is InChI=1S/C21H23N3O5/c1-13-6-7-17-22-14(10-18(25)24(17)11-13)12-29-19(26)8-9-23-20(27)15-4-2-3-5-16(15)21(23)28/h6-7,10-11,15-16H,2-5,8-9,12H2,1H3/t15-,16-/m1/s1. The number of nitrogens with zero attached hydrogens (tertiary/aromatic N) is 3. The Hall–Kier alpha value is -3.03. The summed E-state index contributed by atoms with van der Waals surface area (Å²) < 4.78 is 6.64. The molecule has 2 amide bonds. The number of likely N-dealkylation sites (tertiary alicyclic amines) is 1. The quantitative estimate of drug-likeness (QED) is 0.562. The van der Waals surface area contributed by atoms with Crippen molar-refractivity contribution in [2.75, 3.05) is 6.54 Å². The summed E-state index contributed by atoms with van der Waals surface area (Å²) in [6.45, 7) is 1.79. The van der Waals surface area contributed by atoms with Crippen LogP contribution in [-0.4, -0.2) is 38.6 Å².